The molecule has 1 heterocycles. The SMILES string of the molecule is C[C@@H](Sc1nnnn1-c1ccccc1)C(=O)N[C@@H]1CCCC[C@@H]1C. The Morgan fingerprint density at radius 2 is 2.04 bits per heavy atom. The zero-order chi connectivity index (χ0) is 16.9. The maximum absolute atomic E-state index is 12.5. The van der Waals surface area contributed by atoms with Gasteiger partial charge in [-0.1, -0.05) is 49.7 Å². The molecule has 1 saturated carbocycles. The van der Waals surface area contributed by atoms with E-state index in [4.69, 9.17) is 0 Å². The molecule has 1 amide bonds. The molecule has 1 N–H and O–H groups in total. The predicted octanol–water partition coefficient (Wildman–Crippen LogP) is 2.84. The summed E-state index contributed by atoms with van der Waals surface area (Å²) in [5.41, 5.74) is 0.888. The third-order valence-corrected chi connectivity index (χ3v) is 5.57. The van der Waals surface area contributed by atoms with Crippen molar-refractivity contribution in [2.24, 2.45) is 5.92 Å². The van der Waals surface area contributed by atoms with E-state index in [1.807, 2.05) is 37.3 Å². The molecular formula is C17H23N5OS. The summed E-state index contributed by atoms with van der Waals surface area (Å²) < 4.78 is 1.66. The number of rotatable bonds is 5. The lowest BCUT2D eigenvalue weighted by atomic mass is 9.86. The highest BCUT2D eigenvalue weighted by molar-refractivity contribution is 8.00. The Bertz CT molecular complexity index is 675. The largest absolute Gasteiger partial charge is 0.352 e. The molecule has 2 aromatic rings. The molecule has 128 valence electrons. The molecule has 1 aliphatic carbocycles. The number of hydrogen-bond acceptors (Lipinski definition) is 5. The van der Waals surface area contributed by atoms with Crippen molar-refractivity contribution >= 4 is 17.7 Å². The Balaban J connectivity index is 1.64. The van der Waals surface area contributed by atoms with Gasteiger partial charge in [0.2, 0.25) is 11.1 Å². The lowest BCUT2D eigenvalue weighted by Gasteiger charge is -2.30. The topological polar surface area (TPSA) is 72.7 Å². The van der Waals surface area contributed by atoms with Crippen LogP contribution in [0.15, 0.2) is 35.5 Å². The zero-order valence-electron chi connectivity index (χ0n) is 14.1. The van der Waals surface area contributed by atoms with Crippen molar-refractivity contribution in [1.29, 1.82) is 0 Å². The summed E-state index contributed by atoms with van der Waals surface area (Å²) in [5.74, 6) is 0.607. The number of carbonyl (C=O) groups is 1. The van der Waals surface area contributed by atoms with Gasteiger partial charge in [-0.05, 0) is 48.2 Å². The van der Waals surface area contributed by atoms with Crippen LogP contribution in [0.3, 0.4) is 0 Å². The molecule has 0 unspecified atom stereocenters. The maximum atomic E-state index is 12.5. The highest BCUT2D eigenvalue weighted by Crippen LogP contribution is 2.26. The highest BCUT2D eigenvalue weighted by Gasteiger charge is 2.26. The minimum atomic E-state index is -0.243. The van der Waals surface area contributed by atoms with Gasteiger partial charge in [-0.15, -0.1) is 5.10 Å². The van der Waals surface area contributed by atoms with E-state index in [-0.39, 0.29) is 11.2 Å². The zero-order valence-corrected chi connectivity index (χ0v) is 14.9. The van der Waals surface area contributed by atoms with Crippen molar-refractivity contribution in [3.05, 3.63) is 30.3 Å². The van der Waals surface area contributed by atoms with E-state index in [1.165, 1.54) is 31.0 Å². The second-order valence-corrected chi connectivity index (χ2v) is 7.65. The van der Waals surface area contributed by atoms with Gasteiger partial charge in [-0.2, -0.15) is 4.68 Å². The molecule has 6 nitrogen and oxygen atoms in total. The molecule has 1 aliphatic rings. The molecule has 0 radical (unpaired) electrons. The Morgan fingerprint density at radius 3 is 2.79 bits per heavy atom. The normalized spacial score (nSPS) is 22.1. The third kappa shape index (κ3) is 3.95. The summed E-state index contributed by atoms with van der Waals surface area (Å²) in [5, 5.41) is 15.4. The van der Waals surface area contributed by atoms with Gasteiger partial charge in [-0.25, -0.2) is 0 Å². The summed E-state index contributed by atoms with van der Waals surface area (Å²) in [6.07, 6.45) is 4.73. The first-order valence-corrected chi connectivity index (χ1v) is 9.34. The van der Waals surface area contributed by atoms with E-state index in [1.54, 1.807) is 4.68 Å². The van der Waals surface area contributed by atoms with Crippen molar-refractivity contribution < 1.29 is 4.79 Å². The summed E-state index contributed by atoms with van der Waals surface area (Å²) in [6, 6.07) is 9.99. The third-order valence-electron chi connectivity index (χ3n) is 4.53. The Hall–Kier alpha value is -1.89. The van der Waals surface area contributed by atoms with Crippen LogP contribution in [0.2, 0.25) is 0 Å². The molecule has 3 rings (SSSR count). The first-order chi connectivity index (χ1) is 11.6. The van der Waals surface area contributed by atoms with Gasteiger partial charge < -0.3 is 5.32 Å². The molecular weight excluding hydrogens is 322 g/mol. The van der Waals surface area contributed by atoms with Crippen molar-refractivity contribution in [3.63, 3.8) is 0 Å². The standard InChI is InChI=1S/C17H23N5OS/c1-12-8-6-7-11-15(12)18-16(23)13(2)24-17-19-20-21-22(17)14-9-4-3-5-10-14/h3-5,9-10,12-13,15H,6-8,11H2,1-2H3,(H,18,23)/t12-,13+,15+/m0/s1. The first kappa shape index (κ1) is 17.0. The molecule has 1 aromatic heterocycles. The minimum absolute atomic E-state index is 0.0568. The van der Waals surface area contributed by atoms with Crippen molar-refractivity contribution in [3.8, 4) is 5.69 Å². The van der Waals surface area contributed by atoms with Gasteiger partial charge in [0.1, 0.15) is 0 Å². The number of tetrazole rings is 1. The molecule has 1 fully saturated rings. The minimum Gasteiger partial charge on any atom is -0.352 e. The Morgan fingerprint density at radius 1 is 1.29 bits per heavy atom. The number of thioether (sulfide) groups is 1. The molecule has 7 heteroatoms. The van der Waals surface area contributed by atoms with Crippen molar-refractivity contribution in [2.45, 2.75) is 56.0 Å². The molecule has 0 bridgehead atoms. The number of para-hydroxylation sites is 1. The summed E-state index contributed by atoms with van der Waals surface area (Å²) >= 11 is 1.38. The Labute approximate surface area is 146 Å². The van der Waals surface area contributed by atoms with E-state index >= 15 is 0 Å². The van der Waals surface area contributed by atoms with E-state index in [2.05, 4.69) is 27.8 Å². The second kappa shape index (κ2) is 7.79. The number of carbonyl (C=O) groups excluding carboxylic acids is 1. The van der Waals surface area contributed by atoms with Gasteiger partial charge in [0.15, 0.2) is 0 Å². The molecule has 3 atom stereocenters. The quantitative estimate of drug-likeness (QED) is 0.844. The number of amides is 1. The van der Waals surface area contributed by atoms with Crippen LogP contribution in [0, 0.1) is 5.92 Å². The van der Waals surface area contributed by atoms with E-state index in [0.717, 1.165) is 12.1 Å². The van der Waals surface area contributed by atoms with Crippen LogP contribution in [0.25, 0.3) is 5.69 Å². The number of aromatic nitrogens is 4. The van der Waals surface area contributed by atoms with Crippen LogP contribution in [0.5, 0.6) is 0 Å². The fraction of sp³-hybridized carbons (Fsp3) is 0.529. The predicted molar refractivity (Wildman–Crippen MR) is 94.0 cm³/mol. The average Bonchev–Trinajstić information content (AvgIpc) is 3.05. The van der Waals surface area contributed by atoms with Crippen LogP contribution in [-0.4, -0.2) is 37.4 Å². The maximum Gasteiger partial charge on any atom is 0.233 e. The van der Waals surface area contributed by atoms with E-state index in [9.17, 15) is 4.79 Å². The molecule has 0 saturated heterocycles. The van der Waals surface area contributed by atoms with Gasteiger partial charge in [-0.3, -0.25) is 4.79 Å². The van der Waals surface area contributed by atoms with Gasteiger partial charge in [0, 0.05) is 6.04 Å². The number of hydrogen-bond donors (Lipinski definition) is 1. The van der Waals surface area contributed by atoms with Crippen LogP contribution in [-0.2, 0) is 4.79 Å². The smallest absolute Gasteiger partial charge is 0.233 e. The Kier molecular flexibility index (Phi) is 5.50. The highest BCUT2D eigenvalue weighted by atomic mass is 32.2. The second-order valence-electron chi connectivity index (χ2n) is 6.35. The monoisotopic (exact) mass is 345 g/mol. The lowest BCUT2D eigenvalue weighted by Crippen LogP contribution is -2.44. The number of nitrogens with one attached hydrogen (secondary N) is 1. The first-order valence-electron chi connectivity index (χ1n) is 8.46. The fourth-order valence-corrected chi connectivity index (χ4v) is 3.84. The molecule has 24 heavy (non-hydrogen) atoms. The summed E-state index contributed by atoms with van der Waals surface area (Å²) in [6.45, 7) is 4.12. The molecule has 1 aromatic carbocycles. The van der Waals surface area contributed by atoms with E-state index in [0.29, 0.717) is 17.1 Å². The van der Waals surface area contributed by atoms with Crippen LogP contribution in [0.4, 0.5) is 0 Å². The summed E-state index contributed by atoms with van der Waals surface area (Å²) in [7, 11) is 0. The number of nitrogens with zero attached hydrogens (tertiary/aromatic N) is 4. The molecule has 0 aliphatic heterocycles. The lowest BCUT2D eigenvalue weighted by molar-refractivity contribution is -0.121. The van der Waals surface area contributed by atoms with Gasteiger partial charge in [0.25, 0.3) is 0 Å². The van der Waals surface area contributed by atoms with Crippen molar-refractivity contribution in [2.75, 3.05) is 0 Å². The average molecular weight is 345 g/mol. The van der Waals surface area contributed by atoms with Crippen LogP contribution in [0.1, 0.15) is 39.5 Å². The molecule has 0 spiro atoms. The fourth-order valence-electron chi connectivity index (χ4n) is 3.03. The van der Waals surface area contributed by atoms with Crippen LogP contribution >= 0.6 is 11.8 Å². The van der Waals surface area contributed by atoms with Crippen LogP contribution < -0.4 is 5.32 Å². The van der Waals surface area contributed by atoms with E-state index < -0.39 is 0 Å². The van der Waals surface area contributed by atoms with Gasteiger partial charge >= 0.3 is 0 Å². The number of benzene rings is 1. The summed E-state index contributed by atoms with van der Waals surface area (Å²) in [4.78, 5) is 12.5. The van der Waals surface area contributed by atoms with Crippen molar-refractivity contribution in [1.82, 2.24) is 25.5 Å². The van der Waals surface area contributed by atoms with Gasteiger partial charge in [0.05, 0.1) is 10.9 Å².